The summed E-state index contributed by atoms with van der Waals surface area (Å²) in [5.74, 6) is 0.532. The van der Waals surface area contributed by atoms with Crippen molar-refractivity contribution in [2.75, 3.05) is 0 Å². The highest BCUT2D eigenvalue weighted by molar-refractivity contribution is 9.10. The minimum Gasteiger partial charge on any atom is -0.295 e. The smallest absolute Gasteiger partial charge is 0.295 e. The maximum absolute atomic E-state index is 11.9. The molecule has 0 spiro atoms. The first-order valence-electron chi connectivity index (χ1n) is 6.31. The first-order valence-corrected chi connectivity index (χ1v) is 7.54. The molecule has 2 aromatic rings. The van der Waals surface area contributed by atoms with E-state index in [1.807, 2.05) is 12.1 Å². The first kappa shape index (κ1) is 14.7. The summed E-state index contributed by atoms with van der Waals surface area (Å²) in [5, 5.41) is -0.0471. The van der Waals surface area contributed by atoms with E-state index in [-0.39, 0.29) is 11.1 Å². The number of aromatic nitrogens is 2. The minimum absolute atomic E-state index is 0.0194. The molecule has 1 heterocycles. The molecule has 0 saturated carbocycles. The Morgan fingerprint density at radius 2 is 1.74 bits per heavy atom. The summed E-state index contributed by atoms with van der Waals surface area (Å²) in [7, 11) is 3.57. The van der Waals surface area contributed by atoms with Crippen LogP contribution in [0.3, 0.4) is 0 Å². The van der Waals surface area contributed by atoms with E-state index in [4.69, 9.17) is 11.6 Å². The highest BCUT2D eigenvalue weighted by atomic mass is 79.9. The fourth-order valence-corrected chi connectivity index (χ4v) is 3.59. The zero-order chi connectivity index (χ0) is 14.3. The van der Waals surface area contributed by atoms with Crippen molar-refractivity contribution in [3.8, 4) is 0 Å². The van der Waals surface area contributed by atoms with Gasteiger partial charge in [0.2, 0.25) is 0 Å². The number of alkyl halides is 1. The lowest BCUT2D eigenvalue weighted by Gasteiger charge is -2.14. The molecule has 0 fully saturated rings. The molecule has 0 radical (unpaired) electrons. The summed E-state index contributed by atoms with van der Waals surface area (Å²) in [5.41, 5.74) is 2.86. The quantitative estimate of drug-likeness (QED) is 0.773. The molecule has 2 rings (SSSR count). The average Bonchev–Trinajstić information content (AvgIpc) is 2.53. The summed E-state index contributed by atoms with van der Waals surface area (Å²) >= 11 is 10.0. The molecular weight excluding hydrogens is 328 g/mol. The maximum Gasteiger partial charge on any atom is 0.328 e. The van der Waals surface area contributed by atoms with Crippen LogP contribution in [0.1, 0.15) is 31.2 Å². The van der Waals surface area contributed by atoms with Gasteiger partial charge in [0, 0.05) is 18.6 Å². The van der Waals surface area contributed by atoms with Crippen LogP contribution < -0.4 is 5.69 Å². The predicted octanol–water partition coefficient (Wildman–Crippen LogP) is 3.97. The highest BCUT2D eigenvalue weighted by Crippen LogP contribution is 2.35. The number of nitrogens with zero attached hydrogens (tertiary/aromatic N) is 2. The molecular formula is C14H18BrClN2O. The van der Waals surface area contributed by atoms with Crippen molar-refractivity contribution < 1.29 is 0 Å². The first-order chi connectivity index (χ1) is 8.82. The van der Waals surface area contributed by atoms with Crippen LogP contribution in [-0.4, -0.2) is 9.13 Å². The second-order valence-corrected chi connectivity index (χ2v) is 6.74. The summed E-state index contributed by atoms with van der Waals surface area (Å²) in [4.78, 5) is 11.9. The van der Waals surface area contributed by atoms with E-state index in [1.54, 1.807) is 23.2 Å². The molecule has 104 valence electrons. The van der Waals surface area contributed by atoms with Gasteiger partial charge in [0.25, 0.3) is 0 Å². The SMILES string of the molecule is CC(C)CC(Cl)c1cc2c(cc1Br)n(C)c(=O)n2C. The molecule has 0 aliphatic carbocycles. The van der Waals surface area contributed by atoms with Crippen molar-refractivity contribution in [3.63, 3.8) is 0 Å². The predicted molar refractivity (Wildman–Crippen MR) is 83.9 cm³/mol. The molecule has 19 heavy (non-hydrogen) atoms. The van der Waals surface area contributed by atoms with E-state index in [1.165, 1.54) is 0 Å². The molecule has 0 aliphatic heterocycles. The molecule has 0 amide bonds. The third-order valence-corrected chi connectivity index (χ3v) is 4.51. The lowest BCUT2D eigenvalue weighted by Crippen LogP contribution is -2.19. The van der Waals surface area contributed by atoms with Gasteiger partial charge in [-0.3, -0.25) is 9.13 Å². The van der Waals surface area contributed by atoms with Gasteiger partial charge in [-0.05, 0) is 30.0 Å². The van der Waals surface area contributed by atoms with Crippen LogP contribution in [0.2, 0.25) is 0 Å². The molecule has 1 aromatic carbocycles. The van der Waals surface area contributed by atoms with E-state index in [0.717, 1.165) is 27.5 Å². The van der Waals surface area contributed by atoms with Gasteiger partial charge in [-0.25, -0.2) is 4.79 Å². The van der Waals surface area contributed by atoms with E-state index in [0.29, 0.717) is 5.92 Å². The van der Waals surface area contributed by atoms with Gasteiger partial charge in [0.15, 0.2) is 0 Å². The Morgan fingerprint density at radius 1 is 1.21 bits per heavy atom. The van der Waals surface area contributed by atoms with Gasteiger partial charge < -0.3 is 0 Å². The number of fused-ring (bicyclic) bond motifs is 1. The number of hydrogen-bond donors (Lipinski definition) is 0. The lowest BCUT2D eigenvalue weighted by atomic mass is 10.0. The van der Waals surface area contributed by atoms with Gasteiger partial charge in [0.05, 0.1) is 16.4 Å². The van der Waals surface area contributed by atoms with Gasteiger partial charge >= 0.3 is 5.69 Å². The third kappa shape index (κ3) is 2.61. The fourth-order valence-electron chi connectivity index (χ4n) is 2.32. The zero-order valence-corrected chi connectivity index (χ0v) is 13.9. The summed E-state index contributed by atoms with van der Waals surface area (Å²) in [6.45, 7) is 4.31. The second-order valence-electron chi connectivity index (χ2n) is 5.36. The van der Waals surface area contributed by atoms with Crippen LogP contribution in [0.25, 0.3) is 11.0 Å². The minimum atomic E-state index is -0.0471. The van der Waals surface area contributed by atoms with Crippen LogP contribution >= 0.6 is 27.5 Å². The van der Waals surface area contributed by atoms with Crippen molar-refractivity contribution in [2.24, 2.45) is 20.0 Å². The Balaban J connectivity index is 2.62. The van der Waals surface area contributed by atoms with Gasteiger partial charge in [-0.2, -0.15) is 0 Å². The van der Waals surface area contributed by atoms with Gasteiger partial charge in [-0.15, -0.1) is 11.6 Å². The Labute approximate surface area is 126 Å². The summed E-state index contributed by atoms with van der Waals surface area (Å²) in [6.07, 6.45) is 0.909. The van der Waals surface area contributed by atoms with E-state index >= 15 is 0 Å². The molecule has 1 atom stereocenters. The lowest BCUT2D eigenvalue weighted by molar-refractivity contribution is 0.574. The Kier molecular flexibility index (Phi) is 4.11. The monoisotopic (exact) mass is 344 g/mol. The molecule has 5 heteroatoms. The van der Waals surface area contributed by atoms with Crippen LogP contribution in [0, 0.1) is 5.92 Å². The molecule has 0 bridgehead atoms. The number of halogens is 2. The van der Waals surface area contributed by atoms with Gasteiger partial charge in [0.1, 0.15) is 0 Å². The standard InChI is InChI=1S/C14H18BrClN2O/c1-8(2)5-11(16)9-6-12-13(7-10(9)15)18(4)14(19)17(12)3/h6-8,11H,5H2,1-4H3. The Bertz CT molecular complexity index is 672. The maximum atomic E-state index is 11.9. The van der Waals surface area contributed by atoms with Crippen LogP contribution in [0.15, 0.2) is 21.4 Å². The molecule has 0 saturated heterocycles. The molecule has 1 aromatic heterocycles. The molecule has 0 N–H and O–H groups in total. The zero-order valence-electron chi connectivity index (χ0n) is 11.6. The second kappa shape index (κ2) is 5.33. The molecule has 0 aliphatic rings. The van der Waals surface area contributed by atoms with Crippen molar-refractivity contribution in [1.82, 2.24) is 9.13 Å². The highest BCUT2D eigenvalue weighted by Gasteiger charge is 2.17. The van der Waals surface area contributed by atoms with E-state index in [2.05, 4.69) is 29.8 Å². The van der Waals surface area contributed by atoms with Crippen LogP contribution in [0.5, 0.6) is 0 Å². The van der Waals surface area contributed by atoms with Crippen molar-refractivity contribution >= 4 is 38.6 Å². The van der Waals surface area contributed by atoms with Crippen molar-refractivity contribution in [3.05, 3.63) is 32.7 Å². The number of imidazole rings is 1. The van der Waals surface area contributed by atoms with E-state index in [9.17, 15) is 4.79 Å². The number of hydrogen-bond acceptors (Lipinski definition) is 1. The van der Waals surface area contributed by atoms with Crippen LogP contribution in [-0.2, 0) is 14.1 Å². The van der Waals surface area contributed by atoms with E-state index < -0.39 is 0 Å². The largest absolute Gasteiger partial charge is 0.328 e. The van der Waals surface area contributed by atoms with Crippen molar-refractivity contribution in [1.29, 1.82) is 0 Å². The number of benzene rings is 1. The van der Waals surface area contributed by atoms with Gasteiger partial charge in [-0.1, -0.05) is 29.8 Å². The topological polar surface area (TPSA) is 26.9 Å². The summed E-state index contributed by atoms with van der Waals surface area (Å²) < 4.78 is 4.27. The molecule has 1 unspecified atom stereocenters. The normalized spacial score (nSPS) is 13.4. The third-order valence-electron chi connectivity index (χ3n) is 3.41. The fraction of sp³-hybridized carbons (Fsp3) is 0.500. The Morgan fingerprint density at radius 3 is 2.26 bits per heavy atom. The number of rotatable bonds is 3. The van der Waals surface area contributed by atoms with Crippen LogP contribution in [0.4, 0.5) is 0 Å². The molecule has 3 nitrogen and oxygen atoms in total. The Hall–Kier alpha value is -0.740. The number of aryl methyl sites for hydroxylation is 2. The average molecular weight is 346 g/mol. The van der Waals surface area contributed by atoms with Crippen molar-refractivity contribution in [2.45, 2.75) is 25.6 Å². The summed E-state index contributed by atoms with van der Waals surface area (Å²) in [6, 6.07) is 3.99.